The van der Waals surface area contributed by atoms with Crippen molar-refractivity contribution >= 4 is 6.29 Å². The van der Waals surface area contributed by atoms with Gasteiger partial charge >= 0.3 is 6.36 Å². The number of alkyl halides is 5. The number of carbonyl (C=O) groups is 1. The predicted octanol–water partition coefficient (Wildman–Crippen LogP) is 2.87. The zero-order chi connectivity index (χ0) is 13.2. The topological polar surface area (TPSA) is 39.2 Å². The molecule has 0 unspecified atom stereocenters. The molecule has 0 spiro atoms. The molecule has 0 aliphatic rings. The fourth-order valence-corrected chi connectivity index (χ4v) is 0.956. The van der Waals surface area contributed by atoms with Crippen LogP contribution in [0.1, 0.15) is 22.5 Å². The number of carbonyl (C=O) groups excluding carboxylic acids is 1. The highest BCUT2D eigenvalue weighted by Gasteiger charge is 2.34. The van der Waals surface area contributed by atoms with E-state index in [2.05, 4.69) is 9.72 Å². The first-order valence-electron chi connectivity index (χ1n) is 3.94. The van der Waals surface area contributed by atoms with Crippen LogP contribution in [0, 0.1) is 5.95 Å². The van der Waals surface area contributed by atoms with Gasteiger partial charge in [-0.2, -0.15) is 4.39 Å². The van der Waals surface area contributed by atoms with E-state index in [4.69, 9.17) is 0 Å². The van der Waals surface area contributed by atoms with E-state index in [9.17, 15) is 31.1 Å². The number of hydrogen-bond acceptors (Lipinski definition) is 3. The minimum atomic E-state index is -5.26. The maximum absolute atomic E-state index is 13.0. The first-order chi connectivity index (χ1) is 7.74. The molecule has 0 bridgehead atoms. The van der Waals surface area contributed by atoms with Crippen LogP contribution in [0.25, 0.3) is 0 Å². The Balaban J connectivity index is 3.26. The van der Waals surface area contributed by atoms with Crippen LogP contribution in [-0.4, -0.2) is 17.6 Å². The summed E-state index contributed by atoms with van der Waals surface area (Å²) in [6.45, 7) is 0. The summed E-state index contributed by atoms with van der Waals surface area (Å²) < 4.78 is 75.8. The number of ether oxygens (including phenoxy) is 1. The molecule has 9 heteroatoms. The summed E-state index contributed by atoms with van der Waals surface area (Å²) in [5.41, 5.74) is -2.15. The summed E-state index contributed by atoms with van der Waals surface area (Å²) in [7, 11) is 0. The first kappa shape index (κ1) is 13.3. The largest absolute Gasteiger partial charge is 0.573 e. The number of pyridine rings is 1. The van der Waals surface area contributed by atoms with Gasteiger partial charge in [-0.25, -0.2) is 13.8 Å². The van der Waals surface area contributed by atoms with E-state index in [0.29, 0.717) is 6.07 Å². The summed E-state index contributed by atoms with van der Waals surface area (Å²) >= 11 is 0. The van der Waals surface area contributed by atoms with Crippen molar-refractivity contribution in [1.29, 1.82) is 0 Å². The third-order valence-electron chi connectivity index (χ3n) is 1.55. The van der Waals surface area contributed by atoms with E-state index in [1.165, 1.54) is 0 Å². The van der Waals surface area contributed by atoms with Crippen LogP contribution in [-0.2, 0) is 0 Å². The zero-order valence-electron chi connectivity index (χ0n) is 7.76. The lowest BCUT2D eigenvalue weighted by atomic mass is 10.2. The molecule has 0 fully saturated rings. The van der Waals surface area contributed by atoms with Crippen molar-refractivity contribution in [3.8, 4) is 5.75 Å². The normalized spacial score (nSPS) is 11.7. The Morgan fingerprint density at radius 3 is 2.35 bits per heavy atom. The number of aldehydes is 1. The van der Waals surface area contributed by atoms with Crippen molar-refractivity contribution < 1.29 is 35.9 Å². The van der Waals surface area contributed by atoms with E-state index in [1.54, 1.807) is 0 Å². The summed E-state index contributed by atoms with van der Waals surface area (Å²) in [4.78, 5) is 12.9. The second-order valence-electron chi connectivity index (χ2n) is 2.72. The number of rotatable bonds is 3. The van der Waals surface area contributed by atoms with Crippen molar-refractivity contribution in [3.05, 3.63) is 23.3 Å². The summed E-state index contributed by atoms with van der Waals surface area (Å²) in [6.07, 6.45) is -8.72. The van der Waals surface area contributed by atoms with Crippen molar-refractivity contribution in [3.63, 3.8) is 0 Å². The Bertz CT molecular complexity index is 431. The van der Waals surface area contributed by atoms with E-state index in [0.717, 1.165) is 0 Å². The average molecular weight is 259 g/mol. The quantitative estimate of drug-likeness (QED) is 0.476. The minimum Gasteiger partial charge on any atom is -0.400 e. The van der Waals surface area contributed by atoms with Gasteiger partial charge in [-0.1, -0.05) is 0 Å². The molecule has 1 rings (SSSR count). The van der Waals surface area contributed by atoms with Crippen LogP contribution in [0.15, 0.2) is 6.07 Å². The molecule has 0 saturated heterocycles. The molecule has 1 aromatic heterocycles. The highest BCUT2D eigenvalue weighted by Crippen LogP contribution is 2.30. The molecule has 0 amide bonds. The molecule has 0 atom stereocenters. The lowest BCUT2D eigenvalue weighted by Gasteiger charge is -2.11. The molecule has 3 nitrogen and oxygen atoms in total. The van der Waals surface area contributed by atoms with E-state index in [1.807, 2.05) is 0 Å². The minimum absolute atomic E-state index is 0.238. The van der Waals surface area contributed by atoms with E-state index < -0.39 is 35.7 Å². The van der Waals surface area contributed by atoms with Gasteiger partial charge in [0.25, 0.3) is 12.4 Å². The second-order valence-corrected chi connectivity index (χ2v) is 2.72. The first-order valence-corrected chi connectivity index (χ1v) is 3.94. The van der Waals surface area contributed by atoms with Gasteiger partial charge in [0.15, 0.2) is 12.0 Å². The molecule has 1 heterocycles. The van der Waals surface area contributed by atoms with Gasteiger partial charge in [0.1, 0.15) is 5.69 Å². The Morgan fingerprint density at radius 1 is 1.35 bits per heavy atom. The summed E-state index contributed by atoms with van der Waals surface area (Å²) in [5.74, 6) is -3.46. The molecule has 0 aromatic carbocycles. The summed E-state index contributed by atoms with van der Waals surface area (Å²) in [5, 5.41) is 0. The number of hydrogen-bond donors (Lipinski definition) is 0. The molecule has 0 aliphatic carbocycles. The number of halogens is 6. The van der Waals surface area contributed by atoms with Gasteiger partial charge < -0.3 is 4.74 Å². The van der Waals surface area contributed by atoms with Gasteiger partial charge in [-0.3, -0.25) is 4.79 Å². The van der Waals surface area contributed by atoms with Crippen molar-refractivity contribution in [1.82, 2.24) is 4.98 Å². The Labute approximate surface area is 90.0 Å². The maximum Gasteiger partial charge on any atom is 0.573 e. The van der Waals surface area contributed by atoms with Crippen LogP contribution in [0.4, 0.5) is 26.3 Å². The zero-order valence-corrected chi connectivity index (χ0v) is 7.76. The van der Waals surface area contributed by atoms with Gasteiger partial charge in [-0.05, 0) is 6.07 Å². The highest BCUT2D eigenvalue weighted by atomic mass is 19.4. The Kier molecular flexibility index (Phi) is 3.59. The molecule has 0 aliphatic heterocycles. The van der Waals surface area contributed by atoms with Gasteiger partial charge in [-0.15, -0.1) is 13.2 Å². The molecule has 0 N–H and O–H groups in total. The van der Waals surface area contributed by atoms with Crippen LogP contribution in [0.5, 0.6) is 5.75 Å². The SMILES string of the molecule is O=Cc1cc(C(F)F)nc(F)c1OC(F)(F)F. The summed E-state index contributed by atoms with van der Waals surface area (Å²) in [6, 6.07) is 0.321. The Hall–Kier alpha value is -1.80. The number of aromatic nitrogens is 1. The van der Waals surface area contributed by atoms with Gasteiger partial charge in [0.05, 0.1) is 5.56 Å². The third-order valence-corrected chi connectivity index (χ3v) is 1.55. The number of nitrogens with zero attached hydrogens (tertiary/aromatic N) is 1. The highest BCUT2D eigenvalue weighted by molar-refractivity contribution is 5.79. The van der Waals surface area contributed by atoms with Crippen LogP contribution < -0.4 is 4.74 Å². The molecular weight excluding hydrogens is 256 g/mol. The van der Waals surface area contributed by atoms with Crippen molar-refractivity contribution in [2.45, 2.75) is 12.8 Å². The lowest BCUT2D eigenvalue weighted by Crippen LogP contribution is -2.20. The molecule has 17 heavy (non-hydrogen) atoms. The molecule has 0 radical (unpaired) electrons. The Morgan fingerprint density at radius 2 is 1.94 bits per heavy atom. The third kappa shape index (κ3) is 3.33. The molecule has 0 saturated carbocycles. The van der Waals surface area contributed by atoms with Crippen LogP contribution in [0.2, 0.25) is 0 Å². The standard InChI is InChI=1S/C8H3F6NO2/c9-6(10)4-1-3(2-16)5(7(11)15-4)17-8(12,13)14/h1-2,6H. The van der Waals surface area contributed by atoms with Crippen molar-refractivity contribution in [2.24, 2.45) is 0 Å². The average Bonchev–Trinajstić information content (AvgIpc) is 2.18. The molecule has 1 aromatic rings. The van der Waals surface area contributed by atoms with E-state index >= 15 is 0 Å². The lowest BCUT2D eigenvalue weighted by molar-refractivity contribution is -0.275. The van der Waals surface area contributed by atoms with Gasteiger partial charge in [0.2, 0.25) is 0 Å². The van der Waals surface area contributed by atoms with Crippen LogP contribution in [0.3, 0.4) is 0 Å². The maximum atomic E-state index is 13.0. The van der Waals surface area contributed by atoms with E-state index in [-0.39, 0.29) is 6.29 Å². The predicted molar refractivity (Wildman–Crippen MR) is 41.2 cm³/mol. The monoisotopic (exact) mass is 259 g/mol. The van der Waals surface area contributed by atoms with Gasteiger partial charge in [0, 0.05) is 0 Å². The second kappa shape index (κ2) is 4.60. The fraction of sp³-hybridized carbons (Fsp3) is 0.250. The van der Waals surface area contributed by atoms with Crippen molar-refractivity contribution in [2.75, 3.05) is 0 Å². The smallest absolute Gasteiger partial charge is 0.400 e. The molecule has 94 valence electrons. The fourth-order valence-electron chi connectivity index (χ4n) is 0.956. The molecular formula is C8H3F6NO2. The van der Waals surface area contributed by atoms with Crippen LogP contribution >= 0.6 is 0 Å².